The SMILES string of the molecule is Cc1nc(=O)[nH]c(C)c1CC(=O)N1CCCCCC1. The Bertz CT molecular complexity index is 488. The summed E-state index contributed by atoms with van der Waals surface area (Å²) in [5.74, 6) is 0.141. The van der Waals surface area contributed by atoms with Crippen molar-refractivity contribution in [1.29, 1.82) is 0 Å². The molecule has 0 aliphatic carbocycles. The molecule has 0 atom stereocenters. The summed E-state index contributed by atoms with van der Waals surface area (Å²) in [5.41, 5.74) is 1.92. The minimum absolute atomic E-state index is 0.141. The smallest absolute Gasteiger partial charge is 0.342 e. The van der Waals surface area contributed by atoms with Gasteiger partial charge in [-0.2, -0.15) is 4.98 Å². The highest BCUT2D eigenvalue weighted by Gasteiger charge is 2.18. The van der Waals surface area contributed by atoms with Gasteiger partial charge in [-0.05, 0) is 26.7 Å². The number of carbonyl (C=O) groups is 1. The van der Waals surface area contributed by atoms with Crippen LogP contribution in [-0.2, 0) is 11.2 Å². The lowest BCUT2D eigenvalue weighted by Gasteiger charge is -2.21. The van der Waals surface area contributed by atoms with Gasteiger partial charge in [0, 0.05) is 30.0 Å². The predicted molar refractivity (Wildman–Crippen MR) is 73.1 cm³/mol. The Balaban J connectivity index is 2.12. The van der Waals surface area contributed by atoms with E-state index in [0.717, 1.165) is 37.2 Å². The van der Waals surface area contributed by atoms with Crippen molar-refractivity contribution < 1.29 is 4.79 Å². The second kappa shape index (κ2) is 5.99. The van der Waals surface area contributed by atoms with E-state index in [2.05, 4.69) is 9.97 Å². The van der Waals surface area contributed by atoms with E-state index in [9.17, 15) is 9.59 Å². The number of aromatic nitrogens is 2. The average molecular weight is 263 g/mol. The maximum absolute atomic E-state index is 12.3. The quantitative estimate of drug-likeness (QED) is 0.875. The summed E-state index contributed by atoms with van der Waals surface area (Å²) in [4.78, 5) is 32.0. The molecular weight excluding hydrogens is 242 g/mol. The first-order valence-electron chi connectivity index (χ1n) is 6.92. The van der Waals surface area contributed by atoms with Crippen molar-refractivity contribution in [3.63, 3.8) is 0 Å². The molecule has 0 saturated carbocycles. The third-order valence-corrected chi connectivity index (χ3v) is 3.74. The van der Waals surface area contributed by atoms with E-state index in [0.29, 0.717) is 12.1 Å². The van der Waals surface area contributed by atoms with Crippen molar-refractivity contribution in [1.82, 2.24) is 14.9 Å². The predicted octanol–water partition coefficient (Wildman–Crippen LogP) is 1.33. The normalized spacial score (nSPS) is 16.2. The average Bonchev–Trinajstić information content (AvgIpc) is 2.62. The minimum atomic E-state index is -0.346. The third kappa shape index (κ3) is 3.43. The first-order chi connectivity index (χ1) is 9.08. The van der Waals surface area contributed by atoms with Crippen LogP contribution in [0.1, 0.15) is 42.6 Å². The molecular formula is C14H21N3O2. The molecule has 0 unspecified atom stereocenters. The van der Waals surface area contributed by atoms with E-state index >= 15 is 0 Å². The Morgan fingerprint density at radius 2 is 1.84 bits per heavy atom. The maximum atomic E-state index is 12.3. The zero-order valence-corrected chi connectivity index (χ0v) is 11.7. The van der Waals surface area contributed by atoms with Gasteiger partial charge in [-0.1, -0.05) is 12.8 Å². The maximum Gasteiger partial charge on any atom is 0.345 e. The van der Waals surface area contributed by atoms with Gasteiger partial charge in [0.15, 0.2) is 0 Å². The summed E-state index contributed by atoms with van der Waals surface area (Å²) in [5, 5.41) is 0. The summed E-state index contributed by atoms with van der Waals surface area (Å²) < 4.78 is 0. The molecule has 0 bridgehead atoms. The summed E-state index contributed by atoms with van der Waals surface area (Å²) in [6.45, 7) is 5.32. The lowest BCUT2D eigenvalue weighted by molar-refractivity contribution is -0.130. The van der Waals surface area contributed by atoms with Crippen LogP contribution in [0.3, 0.4) is 0 Å². The van der Waals surface area contributed by atoms with Gasteiger partial charge in [0.05, 0.1) is 6.42 Å². The van der Waals surface area contributed by atoms with Crippen LogP contribution in [0.2, 0.25) is 0 Å². The summed E-state index contributed by atoms with van der Waals surface area (Å²) in [6.07, 6.45) is 4.94. The Labute approximate surface area is 113 Å². The Hall–Kier alpha value is -1.65. The second-order valence-corrected chi connectivity index (χ2v) is 5.20. The molecule has 1 aromatic rings. The van der Waals surface area contributed by atoms with Gasteiger partial charge in [-0.25, -0.2) is 4.79 Å². The number of H-pyrrole nitrogens is 1. The van der Waals surface area contributed by atoms with Crippen molar-refractivity contribution in [3.8, 4) is 0 Å². The van der Waals surface area contributed by atoms with Gasteiger partial charge in [0.25, 0.3) is 0 Å². The lowest BCUT2D eigenvalue weighted by Crippen LogP contribution is -2.33. The molecule has 1 fully saturated rings. The molecule has 1 aromatic heterocycles. The number of aromatic amines is 1. The molecule has 1 aliphatic rings. The summed E-state index contributed by atoms with van der Waals surface area (Å²) in [7, 11) is 0. The largest absolute Gasteiger partial charge is 0.345 e. The van der Waals surface area contributed by atoms with Crippen LogP contribution in [-0.4, -0.2) is 33.9 Å². The van der Waals surface area contributed by atoms with E-state index in [1.807, 2.05) is 11.8 Å². The van der Waals surface area contributed by atoms with E-state index in [1.165, 1.54) is 12.8 Å². The standard InChI is InChI=1S/C14H21N3O2/c1-10-12(11(2)16-14(19)15-10)9-13(18)17-7-5-3-4-6-8-17/h3-9H2,1-2H3,(H,15,16,19). The molecule has 0 aromatic carbocycles. The number of hydrogen-bond donors (Lipinski definition) is 1. The number of nitrogens with one attached hydrogen (secondary N) is 1. The van der Waals surface area contributed by atoms with Gasteiger partial charge in [0.2, 0.25) is 5.91 Å². The summed E-state index contributed by atoms with van der Waals surface area (Å²) in [6, 6.07) is 0. The molecule has 2 heterocycles. The Morgan fingerprint density at radius 3 is 2.42 bits per heavy atom. The van der Waals surface area contributed by atoms with Crippen molar-refractivity contribution in [2.24, 2.45) is 0 Å². The topological polar surface area (TPSA) is 66.1 Å². The molecule has 1 saturated heterocycles. The number of hydrogen-bond acceptors (Lipinski definition) is 3. The molecule has 19 heavy (non-hydrogen) atoms. The molecule has 5 heteroatoms. The van der Waals surface area contributed by atoms with Crippen LogP contribution in [0.4, 0.5) is 0 Å². The van der Waals surface area contributed by atoms with Crippen LogP contribution in [0.15, 0.2) is 4.79 Å². The number of rotatable bonds is 2. The molecule has 1 amide bonds. The van der Waals surface area contributed by atoms with E-state index < -0.39 is 0 Å². The number of nitrogens with zero attached hydrogens (tertiary/aromatic N) is 2. The minimum Gasteiger partial charge on any atom is -0.342 e. The molecule has 0 radical (unpaired) electrons. The van der Waals surface area contributed by atoms with Gasteiger partial charge in [-0.15, -0.1) is 0 Å². The Morgan fingerprint density at radius 1 is 1.21 bits per heavy atom. The van der Waals surface area contributed by atoms with E-state index in [1.54, 1.807) is 6.92 Å². The third-order valence-electron chi connectivity index (χ3n) is 3.74. The fourth-order valence-corrected chi connectivity index (χ4v) is 2.60. The van der Waals surface area contributed by atoms with Gasteiger partial charge < -0.3 is 9.88 Å². The highest BCUT2D eigenvalue weighted by atomic mass is 16.2. The fraction of sp³-hybridized carbons (Fsp3) is 0.643. The van der Waals surface area contributed by atoms with Crippen LogP contribution in [0.5, 0.6) is 0 Å². The summed E-state index contributed by atoms with van der Waals surface area (Å²) >= 11 is 0. The zero-order chi connectivity index (χ0) is 13.8. The van der Waals surface area contributed by atoms with Crippen LogP contribution in [0.25, 0.3) is 0 Å². The zero-order valence-electron chi connectivity index (χ0n) is 11.7. The lowest BCUT2D eigenvalue weighted by atomic mass is 10.1. The van der Waals surface area contributed by atoms with Crippen LogP contribution in [0, 0.1) is 13.8 Å². The van der Waals surface area contributed by atoms with Crippen LogP contribution < -0.4 is 5.69 Å². The number of aryl methyl sites for hydroxylation is 2. The molecule has 2 rings (SSSR count). The number of likely N-dealkylation sites (tertiary alicyclic amines) is 1. The van der Waals surface area contributed by atoms with Gasteiger partial charge >= 0.3 is 5.69 Å². The molecule has 1 N–H and O–H groups in total. The Kier molecular flexibility index (Phi) is 4.35. The molecule has 5 nitrogen and oxygen atoms in total. The van der Waals surface area contributed by atoms with Gasteiger partial charge in [0.1, 0.15) is 0 Å². The van der Waals surface area contributed by atoms with E-state index in [-0.39, 0.29) is 11.6 Å². The van der Waals surface area contributed by atoms with Crippen molar-refractivity contribution in [3.05, 3.63) is 27.4 Å². The second-order valence-electron chi connectivity index (χ2n) is 5.20. The van der Waals surface area contributed by atoms with Gasteiger partial charge in [-0.3, -0.25) is 4.79 Å². The highest BCUT2D eigenvalue weighted by molar-refractivity contribution is 5.79. The monoisotopic (exact) mass is 263 g/mol. The molecule has 1 aliphatic heterocycles. The highest BCUT2D eigenvalue weighted by Crippen LogP contribution is 2.13. The first kappa shape index (κ1) is 13.8. The van der Waals surface area contributed by atoms with E-state index in [4.69, 9.17) is 0 Å². The first-order valence-corrected chi connectivity index (χ1v) is 6.92. The molecule has 104 valence electrons. The van der Waals surface area contributed by atoms with Crippen molar-refractivity contribution in [2.75, 3.05) is 13.1 Å². The van der Waals surface area contributed by atoms with Crippen LogP contribution >= 0.6 is 0 Å². The fourth-order valence-electron chi connectivity index (χ4n) is 2.60. The van der Waals surface area contributed by atoms with Crippen molar-refractivity contribution in [2.45, 2.75) is 46.0 Å². The number of carbonyl (C=O) groups excluding carboxylic acids is 1. The number of amides is 1. The molecule has 0 spiro atoms. The van der Waals surface area contributed by atoms with Crippen molar-refractivity contribution >= 4 is 5.91 Å².